The van der Waals surface area contributed by atoms with Crippen LogP contribution in [0.15, 0.2) is 42.5 Å². The molecule has 2 aliphatic rings. The highest BCUT2D eigenvalue weighted by atomic mass is 28.4. The summed E-state index contributed by atoms with van der Waals surface area (Å²) in [4.78, 5) is 13.7. The molecular weight excluding hydrogens is 609 g/mol. The van der Waals surface area contributed by atoms with E-state index in [0.717, 1.165) is 38.7 Å². The van der Waals surface area contributed by atoms with Crippen LogP contribution >= 0.6 is 0 Å². The lowest BCUT2D eigenvalue weighted by Crippen LogP contribution is -2.50. The van der Waals surface area contributed by atoms with E-state index >= 15 is 0 Å². The Bertz CT molecular complexity index is 1110. The van der Waals surface area contributed by atoms with E-state index in [2.05, 4.69) is 86.8 Å². The van der Waals surface area contributed by atoms with Crippen molar-refractivity contribution in [2.75, 3.05) is 13.2 Å². The maximum atomic E-state index is 13.7. The van der Waals surface area contributed by atoms with Crippen LogP contribution in [0.3, 0.4) is 0 Å². The van der Waals surface area contributed by atoms with Gasteiger partial charge in [-0.15, -0.1) is 0 Å². The summed E-state index contributed by atoms with van der Waals surface area (Å²) in [6.07, 6.45) is 8.11. The quantitative estimate of drug-likeness (QED) is 0.0989. The van der Waals surface area contributed by atoms with Crippen LogP contribution in [0.5, 0.6) is 0 Å². The number of ketones is 1. The van der Waals surface area contributed by atoms with Gasteiger partial charge < -0.3 is 23.1 Å². The molecule has 0 N–H and O–H groups in total. The molecule has 3 rings (SSSR count). The fourth-order valence-electron chi connectivity index (χ4n) is 5.74. The van der Waals surface area contributed by atoms with Gasteiger partial charge in [-0.2, -0.15) is 0 Å². The van der Waals surface area contributed by atoms with E-state index in [0.29, 0.717) is 19.1 Å². The van der Waals surface area contributed by atoms with Gasteiger partial charge in [0.1, 0.15) is 0 Å². The summed E-state index contributed by atoms with van der Waals surface area (Å²) in [5, 5.41) is 0.233. The highest BCUT2D eigenvalue weighted by Crippen LogP contribution is 2.42. The Morgan fingerprint density at radius 1 is 0.935 bits per heavy atom. The molecule has 6 nitrogen and oxygen atoms in total. The molecule has 0 amide bonds. The van der Waals surface area contributed by atoms with Crippen molar-refractivity contribution < 1.29 is 27.9 Å². The molecule has 0 aromatic heterocycles. The summed E-state index contributed by atoms with van der Waals surface area (Å²) in [6, 6.07) is 10.3. The number of carbonyl (C=O) groups is 1. The van der Waals surface area contributed by atoms with Crippen LogP contribution in [0.1, 0.15) is 93.1 Å². The van der Waals surface area contributed by atoms with Crippen molar-refractivity contribution in [1.29, 1.82) is 0 Å². The molecule has 0 unspecified atom stereocenters. The van der Waals surface area contributed by atoms with Crippen LogP contribution in [0.2, 0.25) is 36.3 Å². The maximum Gasteiger partial charge on any atom is 0.192 e. The van der Waals surface area contributed by atoms with Crippen LogP contribution in [-0.2, 0) is 34.5 Å². The Kier molecular flexibility index (Phi) is 14.1. The Balaban J connectivity index is 1.58. The first kappa shape index (κ1) is 39.3. The predicted octanol–water partition coefficient (Wildman–Crippen LogP) is 9.50. The van der Waals surface area contributed by atoms with E-state index in [1.165, 1.54) is 5.56 Å². The van der Waals surface area contributed by atoms with Gasteiger partial charge in [0.15, 0.2) is 22.4 Å². The molecule has 1 aromatic rings. The number of carbonyl (C=O) groups excluding carboxylic acids is 1. The number of allylic oxidation sites excluding steroid dienone is 1. The number of ether oxygens (including phenoxy) is 3. The lowest BCUT2D eigenvalue weighted by Gasteiger charge is -2.42. The topological polar surface area (TPSA) is 63.2 Å². The fourth-order valence-corrected chi connectivity index (χ4v) is 8.19. The zero-order valence-electron chi connectivity index (χ0n) is 31.2. The fraction of sp³-hybridized carbons (Fsp3) is 0.763. The van der Waals surface area contributed by atoms with E-state index in [1.807, 2.05) is 31.2 Å². The second-order valence-corrected chi connectivity index (χ2v) is 26.5. The normalized spacial score (nSPS) is 26.1. The van der Waals surface area contributed by atoms with E-state index in [-0.39, 0.29) is 52.3 Å². The molecular formula is C38H66O6Si2. The summed E-state index contributed by atoms with van der Waals surface area (Å²) in [5.41, 5.74) is 1.18. The van der Waals surface area contributed by atoms with Crippen molar-refractivity contribution in [3.05, 3.63) is 48.0 Å². The van der Waals surface area contributed by atoms with E-state index in [4.69, 9.17) is 23.1 Å². The third-order valence-electron chi connectivity index (χ3n) is 11.1. The van der Waals surface area contributed by atoms with Crippen molar-refractivity contribution in [1.82, 2.24) is 0 Å². The molecule has 2 saturated heterocycles. The maximum absolute atomic E-state index is 13.7. The third kappa shape index (κ3) is 11.2. The number of hydrogen-bond donors (Lipinski definition) is 0. The first-order chi connectivity index (χ1) is 21.3. The Morgan fingerprint density at radius 2 is 1.59 bits per heavy atom. The molecule has 0 saturated carbocycles. The number of benzene rings is 1. The second-order valence-electron chi connectivity index (χ2n) is 16.9. The summed E-state index contributed by atoms with van der Waals surface area (Å²) in [6.45, 7) is 28.9. The van der Waals surface area contributed by atoms with Gasteiger partial charge in [0.25, 0.3) is 0 Å². The molecule has 2 fully saturated rings. The molecule has 0 bridgehead atoms. The van der Waals surface area contributed by atoms with E-state index < -0.39 is 16.6 Å². The van der Waals surface area contributed by atoms with Crippen molar-refractivity contribution in [3.63, 3.8) is 0 Å². The minimum atomic E-state index is -2.17. The average molecular weight is 675 g/mol. The number of hydrogen-bond acceptors (Lipinski definition) is 6. The van der Waals surface area contributed by atoms with Crippen LogP contribution in [-0.4, -0.2) is 66.2 Å². The molecule has 7 atom stereocenters. The second kappa shape index (κ2) is 16.5. The van der Waals surface area contributed by atoms with Crippen molar-refractivity contribution >= 4 is 22.4 Å². The summed E-state index contributed by atoms with van der Waals surface area (Å²) >= 11 is 0. The standard InChI is InChI=1S/C38H66O6Si2/c1-28-26-35(43-34(28)23-24-40-27-30-16-14-13-15-17-30)36(44-46(11,12)38(6,7)8)29(2)33(39)21-20-31-18-19-32(42-31)22-25-41-45(9,10)37(3,4)5/h13-17,20-21,28-29,31-32,34-36H,18-19,22-27H2,1-12H3/b21-20+/t28-,29-,31+,32+,34-,35+,36-/m0/s1. The lowest BCUT2D eigenvalue weighted by molar-refractivity contribution is -0.125. The first-order valence-electron chi connectivity index (χ1n) is 17.8. The minimum Gasteiger partial charge on any atom is -0.417 e. The molecule has 46 heavy (non-hydrogen) atoms. The first-order valence-corrected chi connectivity index (χ1v) is 23.6. The van der Waals surface area contributed by atoms with Gasteiger partial charge in [-0.05, 0) is 85.9 Å². The Morgan fingerprint density at radius 3 is 2.22 bits per heavy atom. The Labute approximate surface area is 283 Å². The summed E-state index contributed by atoms with van der Waals surface area (Å²) in [5.74, 6) is 0.145. The van der Waals surface area contributed by atoms with Gasteiger partial charge in [0.2, 0.25) is 0 Å². The molecule has 2 heterocycles. The Hall–Kier alpha value is -1.14. The van der Waals surface area contributed by atoms with Crippen molar-refractivity contribution in [2.24, 2.45) is 11.8 Å². The van der Waals surface area contributed by atoms with Gasteiger partial charge >= 0.3 is 0 Å². The van der Waals surface area contributed by atoms with E-state index in [1.54, 1.807) is 6.08 Å². The molecule has 2 aliphatic heterocycles. The van der Waals surface area contributed by atoms with Crippen molar-refractivity contribution in [2.45, 2.75) is 161 Å². The zero-order chi connectivity index (χ0) is 34.3. The largest absolute Gasteiger partial charge is 0.417 e. The van der Waals surface area contributed by atoms with Gasteiger partial charge in [-0.3, -0.25) is 4.79 Å². The molecule has 0 radical (unpaired) electrons. The summed E-state index contributed by atoms with van der Waals surface area (Å²) < 4.78 is 32.4. The third-order valence-corrected chi connectivity index (χ3v) is 20.1. The van der Waals surface area contributed by atoms with E-state index in [9.17, 15) is 4.79 Å². The van der Waals surface area contributed by atoms with Gasteiger partial charge in [0.05, 0.1) is 37.1 Å². The highest BCUT2D eigenvalue weighted by Gasteiger charge is 2.46. The van der Waals surface area contributed by atoms with Gasteiger partial charge in [-0.25, -0.2) is 0 Å². The number of rotatable bonds is 16. The van der Waals surface area contributed by atoms with Gasteiger partial charge in [-0.1, -0.05) is 91.8 Å². The lowest BCUT2D eigenvalue weighted by atomic mass is 9.91. The van der Waals surface area contributed by atoms with Crippen LogP contribution in [0, 0.1) is 11.8 Å². The monoisotopic (exact) mass is 674 g/mol. The minimum absolute atomic E-state index is 0.0275. The van der Waals surface area contributed by atoms with Crippen LogP contribution < -0.4 is 0 Å². The average Bonchev–Trinajstić information content (AvgIpc) is 3.57. The zero-order valence-corrected chi connectivity index (χ0v) is 33.2. The van der Waals surface area contributed by atoms with Crippen LogP contribution in [0.25, 0.3) is 0 Å². The molecule has 8 heteroatoms. The summed E-state index contributed by atoms with van der Waals surface area (Å²) in [7, 11) is -3.93. The van der Waals surface area contributed by atoms with Gasteiger partial charge in [0, 0.05) is 19.1 Å². The van der Waals surface area contributed by atoms with Crippen LogP contribution in [0.4, 0.5) is 0 Å². The molecule has 262 valence electrons. The van der Waals surface area contributed by atoms with Crippen molar-refractivity contribution in [3.8, 4) is 0 Å². The highest BCUT2D eigenvalue weighted by molar-refractivity contribution is 6.74. The molecule has 0 aliphatic carbocycles. The molecule has 0 spiro atoms. The molecule has 1 aromatic carbocycles. The SMILES string of the molecule is C[C@H]1C[C@H]([C@@H](O[Si](C)(C)C(C)(C)C)[C@@H](C)C(=O)/C=C/[C@H]2CC[C@H](CCO[Si](C)(C)C(C)(C)C)O2)O[C@H]1CCOCc1ccccc1. The predicted molar refractivity (Wildman–Crippen MR) is 194 cm³/mol. The smallest absolute Gasteiger partial charge is 0.192 e.